The van der Waals surface area contributed by atoms with E-state index in [2.05, 4.69) is 27.3 Å². The molecule has 0 bridgehead atoms. The van der Waals surface area contributed by atoms with Gasteiger partial charge in [0.05, 0.1) is 12.0 Å². The molecule has 0 N–H and O–H groups in total. The summed E-state index contributed by atoms with van der Waals surface area (Å²) in [5.41, 5.74) is 3.42. The van der Waals surface area contributed by atoms with E-state index < -0.39 is 0 Å². The summed E-state index contributed by atoms with van der Waals surface area (Å²) in [6, 6.07) is 3.68. The molecule has 0 amide bonds. The summed E-state index contributed by atoms with van der Waals surface area (Å²) in [5, 5.41) is 18.4. The van der Waals surface area contributed by atoms with Gasteiger partial charge in [-0.25, -0.2) is 0 Å². The van der Waals surface area contributed by atoms with Gasteiger partial charge in [0.15, 0.2) is 5.76 Å². The van der Waals surface area contributed by atoms with Crippen LogP contribution >= 0.6 is 11.3 Å². The van der Waals surface area contributed by atoms with Gasteiger partial charge in [-0.2, -0.15) is 14.7 Å². The Bertz CT molecular complexity index is 946. The number of hydrogen-bond acceptors (Lipinski definition) is 6. The molecule has 0 aliphatic carbocycles. The van der Waals surface area contributed by atoms with E-state index in [9.17, 15) is 0 Å². The maximum Gasteiger partial charge on any atom is 0.235 e. The predicted molar refractivity (Wildman–Crippen MR) is 81.8 cm³/mol. The smallest absolute Gasteiger partial charge is 0.235 e. The average Bonchev–Trinajstić information content (AvgIpc) is 3.21. The number of fused-ring (bicyclic) bond motifs is 1. The Balaban J connectivity index is 1.75. The Kier molecular flexibility index (Phi) is 2.86. The van der Waals surface area contributed by atoms with Crippen LogP contribution in [0.4, 0.5) is 0 Å². The minimum atomic E-state index is 0.627. The van der Waals surface area contributed by atoms with E-state index in [1.54, 1.807) is 10.8 Å². The Labute approximate surface area is 130 Å². The van der Waals surface area contributed by atoms with Crippen molar-refractivity contribution in [3.8, 4) is 11.6 Å². The fourth-order valence-electron chi connectivity index (χ4n) is 2.51. The average molecular weight is 314 g/mol. The molecule has 0 atom stereocenters. The van der Waals surface area contributed by atoms with Crippen LogP contribution in [0.5, 0.6) is 0 Å². The quantitative estimate of drug-likeness (QED) is 0.580. The Morgan fingerprint density at radius 2 is 2.09 bits per heavy atom. The zero-order valence-corrected chi connectivity index (χ0v) is 13.3. The highest BCUT2D eigenvalue weighted by Gasteiger charge is 2.17. The number of aryl methyl sites for hydroxylation is 2. The van der Waals surface area contributed by atoms with Crippen LogP contribution in [-0.2, 0) is 13.5 Å². The van der Waals surface area contributed by atoms with Crippen molar-refractivity contribution in [1.82, 2.24) is 29.6 Å². The van der Waals surface area contributed by atoms with Crippen molar-refractivity contribution in [3.05, 3.63) is 40.4 Å². The van der Waals surface area contributed by atoms with Crippen LogP contribution in [0.3, 0.4) is 0 Å². The molecule has 4 aromatic heterocycles. The lowest BCUT2D eigenvalue weighted by atomic mass is 10.1. The molecule has 0 aromatic carbocycles. The minimum Gasteiger partial charge on any atom is -0.461 e. The molecule has 7 nitrogen and oxygen atoms in total. The van der Waals surface area contributed by atoms with Gasteiger partial charge in [-0.05, 0) is 26.0 Å². The fraction of sp³-hybridized carbons (Fsp3) is 0.286. The lowest BCUT2D eigenvalue weighted by Gasteiger charge is -1.98. The van der Waals surface area contributed by atoms with Gasteiger partial charge in [0.1, 0.15) is 5.01 Å². The summed E-state index contributed by atoms with van der Waals surface area (Å²) in [5.74, 6) is 1.29. The highest BCUT2D eigenvalue weighted by molar-refractivity contribution is 7.16. The predicted octanol–water partition coefficient (Wildman–Crippen LogP) is 2.39. The Morgan fingerprint density at radius 3 is 2.77 bits per heavy atom. The van der Waals surface area contributed by atoms with Gasteiger partial charge in [-0.1, -0.05) is 11.3 Å². The van der Waals surface area contributed by atoms with Gasteiger partial charge in [-0.15, -0.1) is 10.2 Å². The van der Waals surface area contributed by atoms with Crippen LogP contribution < -0.4 is 0 Å². The molecule has 0 spiro atoms. The number of hydrogen-bond donors (Lipinski definition) is 0. The largest absolute Gasteiger partial charge is 0.461 e. The second kappa shape index (κ2) is 4.77. The number of nitrogens with zero attached hydrogens (tertiary/aromatic N) is 6. The molecule has 0 saturated heterocycles. The minimum absolute atomic E-state index is 0.627. The van der Waals surface area contributed by atoms with Gasteiger partial charge in [0, 0.05) is 24.7 Å². The van der Waals surface area contributed by atoms with E-state index in [1.807, 2.05) is 30.8 Å². The molecule has 0 radical (unpaired) electrons. The number of furan rings is 1. The van der Waals surface area contributed by atoms with Crippen molar-refractivity contribution in [2.45, 2.75) is 20.3 Å². The Hall–Kier alpha value is -2.48. The Morgan fingerprint density at radius 1 is 1.23 bits per heavy atom. The van der Waals surface area contributed by atoms with Crippen LogP contribution in [0.1, 0.15) is 22.0 Å². The molecular formula is C14H14N6OS. The molecule has 0 fully saturated rings. The molecule has 0 aliphatic heterocycles. The van der Waals surface area contributed by atoms with Crippen LogP contribution in [0.2, 0.25) is 0 Å². The molecule has 4 aromatic rings. The van der Waals surface area contributed by atoms with Crippen molar-refractivity contribution in [3.63, 3.8) is 0 Å². The van der Waals surface area contributed by atoms with E-state index in [0.29, 0.717) is 11.6 Å². The van der Waals surface area contributed by atoms with Gasteiger partial charge >= 0.3 is 0 Å². The SMILES string of the molecule is Cc1nn(C)c(C)c1Cc1nn2c(-c3ccco3)nnc2s1. The molecule has 4 heterocycles. The summed E-state index contributed by atoms with van der Waals surface area (Å²) in [6.45, 7) is 4.10. The second-order valence-corrected chi connectivity index (χ2v) is 6.18. The molecule has 8 heteroatoms. The third-order valence-corrected chi connectivity index (χ3v) is 4.66. The first-order valence-corrected chi connectivity index (χ1v) is 7.69. The lowest BCUT2D eigenvalue weighted by molar-refractivity contribution is 0.574. The maximum absolute atomic E-state index is 5.38. The van der Waals surface area contributed by atoms with E-state index in [1.165, 1.54) is 16.9 Å². The first kappa shape index (κ1) is 13.2. The molecule has 22 heavy (non-hydrogen) atoms. The van der Waals surface area contributed by atoms with Crippen molar-refractivity contribution in [2.75, 3.05) is 0 Å². The normalized spacial score (nSPS) is 11.6. The van der Waals surface area contributed by atoms with Crippen molar-refractivity contribution < 1.29 is 4.42 Å². The van der Waals surface area contributed by atoms with Crippen molar-refractivity contribution in [1.29, 1.82) is 0 Å². The molecule has 0 aliphatic rings. The summed E-state index contributed by atoms with van der Waals surface area (Å²) in [7, 11) is 1.96. The van der Waals surface area contributed by atoms with Crippen LogP contribution in [0.25, 0.3) is 16.5 Å². The van der Waals surface area contributed by atoms with Crippen molar-refractivity contribution in [2.24, 2.45) is 7.05 Å². The van der Waals surface area contributed by atoms with Crippen LogP contribution in [0.15, 0.2) is 22.8 Å². The number of rotatable bonds is 3. The molecule has 112 valence electrons. The van der Waals surface area contributed by atoms with Gasteiger partial charge in [0.2, 0.25) is 10.8 Å². The van der Waals surface area contributed by atoms with Gasteiger partial charge in [-0.3, -0.25) is 4.68 Å². The standard InChI is InChI=1S/C14H14N6OS/c1-8-10(9(2)19(3)17-8)7-12-18-20-13(11-5-4-6-21-11)15-16-14(20)22-12/h4-6H,7H2,1-3H3. The van der Waals surface area contributed by atoms with Crippen LogP contribution in [-0.4, -0.2) is 29.6 Å². The van der Waals surface area contributed by atoms with Crippen LogP contribution in [0, 0.1) is 13.8 Å². The van der Waals surface area contributed by atoms with Gasteiger partial charge in [0.25, 0.3) is 0 Å². The number of aromatic nitrogens is 6. The summed E-state index contributed by atoms with van der Waals surface area (Å²) in [4.78, 5) is 0.764. The zero-order chi connectivity index (χ0) is 15.3. The topological polar surface area (TPSA) is 74.0 Å². The van der Waals surface area contributed by atoms with E-state index in [0.717, 1.165) is 27.8 Å². The van der Waals surface area contributed by atoms with Crippen molar-refractivity contribution >= 4 is 16.3 Å². The highest BCUT2D eigenvalue weighted by Crippen LogP contribution is 2.24. The summed E-state index contributed by atoms with van der Waals surface area (Å²) >= 11 is 1.54. The van der Waals surface area contributed by atoms with E-state index in [-0.39, 0.29) is 0 Å². The van der Waals surface area contributed by atoms with E-state index >= 15 is 0 Å². The molecule has 4 rings (SSSR count). The molecule has 0 unspecified atom stereocenters. The van der Waals surface area contributed by atoms with E-state index in [4.69, 9.17) is 4.42 Å². The zero-order valence-electron chi connectivity index (χ0n) is 12.4. The second-order valence-electron chi connectivity index (χ2n) is 5.14. The third kappa shape index (κ3) is 1.95. The maximum atomic E-state index is 5.38. The summed E-state index contributed by atoms with van der Waals surface area (Å²) < 4.78 is 9.02. The first-order chi connectivity index (χ1) is 10.6. The first-order valence-electron chi connectivity index (χ1n) is 6.87. The fourth-order valence-corrected chi connectivity index (χ4v) is 3.36. The third-order valence-electron chi connectivity index (χ3n) is 3.76. The lowest BCUT2D eigenvalue weighted by Crippen LogP contribution is -1.96. The summed E-state index contributed by atoms with van der Waals surface area (Å²) in [6.07, 6.45) is 2.36. The molecular weight excluding hydrogens is 300 g/mol. The highest BCUT2D eigenvalue weighted by atomic mass is 32.1. The molecule has 0 saturated carbocycles. The van der Waals surface area contributed by atoms with Gasteiger partial charge < -0.3 is 4.42 Å². The monoisotopic (exact) mass is 314 g/mol.